The average molecular weight is 328 g/mol. The highest BCUT2D eigenvalue weighted by molar-refractivity contribution is 6.23. The SMILES string of the molecule is CN1C(=O)N(c2ccc(C(F)(F)F)nc2)C(=O)C12CCNCC2. The summed E-state index contributed by atoms with van der Waals surface area (Å²) in [6.45, 7) is 1.20. The minimum atomic E-state index is -4.56. The van der Waals surface area contributed by atoms with Gasteiger partial charge in [0.1, 0.15) is 11.2 Å². The Hall–Kier alpha value is -2.16. The average Bonchev–Trinajstić information content (AvgIpc) is 2.70. The molecule has 0 aromatic carbocycles. The molecule has 3 amide bonds. The molecule has 0 saturated carbocycles. The standard InChI is InChI=1S/C14H15F3N4O2/c1-20-12(23)21(11(22)13(20)4-6-18-7-5-13)9-2-3-10(19-8-9)14(15,16)17/h2-3,8,18H,4-7H2,1H3. The van der Waals surface area contributed by atoms with Crippen LogP contribution in [0, 0.1) is 0 Å². The lowest BCUT2D eigenvalue weighted by atomic mass is 9.87. The molecule has 2 saturated heterocycles. The van der Waals surface area contributed by atoms with E-state index in [1.165, 1.54) is 4.90 Å². The molecule has 1 N–H and O–H groups in total. The molecule has 2 aliphatic heterocycles. The second-order valence-electron chi connectivity index (χ2n) is 5.66. The molecule has 2 aliphatic rings. The van der Waals surface area contributed by atoms with Gasteiger partial charge in [0.2, 0.25) is 0 Å². The van der Waals surface area contributed by atoms with E-state index in [2.05, 4.69) is 10.3 Å². The summed E-state index contributed by atoms with van der Waals surface area (Å²) in [6, 6.07) is 1.32. The number of piperidine rings is 1. The van der Waals surface area contributed by atoms with Crippen molar-refractivity contribution in [1.82, 2.24) is 15.2 Å². The lowest BCUT2D eigenvalue weighted by Gasteiger charge is -2.36. The Kier molecular flexibility index (Phi) is 3.55. The lowest BCUT2D eigenvalue weighted by molar-refractivity contribution is -0.141. The van der Waals surface area contributed by atoms with Crippen molar-refractivity contribution in [3.8, 4) is 0 Å². The van der Waals surface area contributed by atoms with E-state index in [0.717, 1.165) is 23.2 Å². The van der Waals surface area contributed by atoms with Gasteiger partial charge >= 0.3 is 12.2 Å². The number of carbonyl (C=O) groups is 2. The molecule has 1 spiro atoms. The third kappa shape index (κ3) is 2.35. The molecule has 0 aliphatic carbocycles. The molecule has 6 nitrogen and oxygen atoms in total. The summed E-state index contributed by atoms with van der Waals surface area (Å²) < 4.78 is 37.7. The van der Waals surface area contributed by atoms with Crippen LogP contribution in [0.15, 0.2) is 18.3 Å². The van der Waals surface area contributed by atoms with Gasteiger partial charge in [-0.3, -0.25) is 4.79 Å². The van der Waals surface area contributed by atoms with Crippen LogP contribution < -0.4 is 10.2 Å². The predicted octanol–water partition coefficient (Wildman–Crippen LogP) is 1.62. The summed E-state index contributed by atoms with van der Waals surface area (Å²) in [5.41, 5.74) is -1.94. The summed E-state index contributed by atoms with van der Waals surface area (Å²) in [7, 11) is 1.54. The molecule has 3 heterocycles. The van der Waals surface area contributed by atoms with Crippen LogP contribution in [0.5, 0.6) is 0 Å². The number of pyridine rings is 1. The quantitative estimate of drug-likeness (QED) is 0.796. The van der Waals surface area contributed by atoms with Crippen molar-refractivity contribution in [3.05, 3.63) is 24.0 Å². The molecule has 1 aromatic heterocycles. The monoisotopic (exact) mass is 328 g/mol. The fourth-order valence-corrected chi connectivity index (χ4v) is 3.07. The molecule has 2 fully saturated rings. The number of nitrogens with zero attached hydrogens (tertiary/aromatic N) is 3. The summed E-state index contributed by atoms with van der Waals surface area (Å²) >= 11 is 0. The zero-order chi connectivity index (χ0) is 16.8. The Morgan fingerprint density at radius 3 is 2.39 bits per heavy atom. The number of hydrogen-bond donors (Lipinski definition) is 1. The number of halogens is 3. The molecule has 3 rings (SSSR count). The highest BCUT2D eigenvalue weighted by atomic mass is 19.4. The number of aromatic nitrogens is 1. The van der Waals surface area contributed by atoms with Crippen LogP contribution in [0.2, 0.25) is 0 Å². The lowest BCUT2D eigenvalue weighted by Crippen LogP contribution is -2.54. The fourth-order valence-electron chi connectivity index (χ4n) is 3.07. The van der Waals surface area contributed by atoms with Crippen molar-refractivity contribution in [3.63, 3.8) is 0 Å². The third-order valence-corrected chi connectivity index (χ3v) is 4.45. The van der Waals surface area contributed by atoms with Crippen LogP contribution in [0.3, 0.4) is 0 Å². The van der Waals surface area contributed by atoms with E-state index in [4.69, 9.17) is 0 Å². The number of alkyl halides is 3. The Labute approximate surface area is 130 Å². The van der Waals surface area contributed by atoms with E-state index < -0.39 is 29.3 Å². The number of anilines is 1. The molecule has 9 heteroatoms. The van der Waals surface area contributed by atoms with Gasteiger partial charge in [0, 0.05) is 7.05 Å². The first-order valence-corrected chi connectivity index (χ1v) is 7.14. The summed E-state index contributed by atoms with van der Waals surface area (Å²) in [5, 5.41) is 3.12. The number of amides is 3. The maximum absolute atomic E-state index is 12.8. The van der Waals surface area contributed by atoms with Crippen molar-refractivity contribution in [2.45, 2.75) is 24.6 Å². The number of carbonyl (C=O) groups excluding carboxylic acids is 2. The van der Waals surface area contributed by atoms with Crippen molar-refractivity contribution < 1.29 is 22.8 Å². The molecule has 23 heavy (non-hydrogen) atoms. The van der Waals surface area contributed by atoms with Gasteiger partial charge in [-0.15, -0.1) is 0 Å². The zero-order valence-electron chi connectivity index (χ0n) is 12.4. The Morgan fingerprint density at radius 2 is 1.87 bits per heavy atom. The minimum absolute atomic E-state index is 0.0512. The van der Waals surface area contributed by atoms with Crippen LogP contribution >= 0.6 is 0 Å². The highest BCUT2D eigenvalue weighted by Crippen LogP contribution is 2.37. The normalized spacial score (nSPS) is 21.4. The molecular weight excluding hydrogens is 313 g/mol. The smallest absolute Gasteiger partial charge is 0.317 e. The van der Waals surface area contributed by atoms with Crippen molar-refractivity contribution >= 4 is 17.6 Å². The molecule has 1 aromatic rings. The van der Waals surface area contributed by atoms with Crippen LogP contribution in [-0.2, 0) is 11.0 Å². The maximum Gasteiger partial charge on any atom is 0.433 e. The van der Waals surface area contributed by atoms with Crippen LogP contribution in [0.25, 0.3) is 0 Å². The van der Waals surface area contributed by atoms with Gasteiger partial charge in [-0.05, 0) is 38.1 Å². The van der Waals surface area contributed by atoms with Crippen molar-refractivity contribution in [2.75, 3.05) is 25.0 Å². The molecule has 0 atom stereocenters. The Balaban J connectivity index is 1.94. The van der Waals surface area contributed by atoms with Gasteiger partial charge in [-0.25, -0.2) is 14.7 Å². The second-order valence-corrected chi connectivity index (χ2v) is 5.66. The maximum atomic E-state index is 12.8. The van der Waals surface area contributed by atoms with Crippen LogP contribution in [-0.4, -0.2) is 47.5 Å². The summed E-state index contributed by atoms with van der Waals surface area (Å²) in [5.74, 6) is -0.409. The molecule has 0 unspecified atom stereocenters. The topological polar surface area (TPSA) is 65.5 Å². The molecule has 0 radical (unpaired) electrons. The zero-order valence-corrected chi connectivity index (χ0v) is 12.4. The van der Waals surface area contributed by atoms with Crippen LogP contribution in [0.1, 0.15) is 18.5 Å². The number of nitrogens with one attached hydrogen (secondary N) is 1. The number of rotatable bonds is 1. The van der Waals surface area contributed by atoms with E-state index in [1.54, 1.807) is 7.05 Å². The summed E-state index contributed by atoms with van der Waals surface area (Å²) in [6.07, 6.45) is -2.71. The molecular formula is C14H15F3N4O2. The highest BCUT2D eigenvalue weighted by Gasteiger charge is 2.56. The van der Waals surface area contributed by atoms with Crippen molar-refractivity contribution in [2.24, 2.45) is 0 Å². The first kappa shape index (κ1) is 15.7. The van der Waals surface area contributed by atoms with Gasteiger partial charge in [-0.1, -0.05) is 0 Å². The predicted molar refractivity (Wildman–Crippen MR) is 74.7 cm³/mol. The van der Waals surface area contributed by atoms with Crippen molar-refractivity contribution in [1.29, 1.82) is 0 Å². The van der Waals surface area contributed by atoms with Gasteiger partial charge in [-0.2, -0.15) is 13.2 Å². The third-order valence-electron chi connectivity index (χ3n) is 4.45. The largest absolute Gasteiger partial charge is 0.433 e. The first-order chi connectivity index (χ1) is 10.8. The minimum Gasteiger partial charge on any atom is -0.317 e. The van der Waals surface area contributed by atoms with Gasteiger partial charge in [0.15, 0.2) is 0 Å². The molecule has 124 valence electrons. The van der Waals surface area contributed by atoms with Gasteiger partial charge in [0.25, 0.3) is 5.91 Å². The van der Waals surface area contributed by atoms with E-state index in [1.807, 2.05) is 0 Å². The molecule has 0 bridgehead atoms. The number of likely N-dealkylation sites (N-methyl/N-ethyl adjacent to an activating group) is 1. The van der Waals surface area contributed by atoms with Gasteiger partial charge < -0.3 is 10.2 Å². The number of urea groups is 1. The second kappa shape index (κ2) is 5.19. The van der Waals surface area contributed by atoms with E-state index in [-0.39, 0.29) is 5.69 Å². The Bertz CT molecular complexity index is 638. The number of hydrogen-bond acceptors (Lipinski definition) is 4. The van der Waals surface area contributed by atoms with E-state index >= 15 is 0 Å². The van der Waals surface area contributed by atoms with E-state index in [0.29, 0.717) is 25.9 Å². The first-order valence-electron chi connectivity index (χ1n) is 7.14. The number of imide groups is 1. The summed E-state index contributed by atoms with van der Waals surface area (Å²) in [4.78, 5) is 30.8. The van der Waals surface area contributed by atoms with E-state index in [9.17, 15) is 22.8 Å². The Morgan fingerprint density at radius 1 is 1.22 bits per heavy atom. The fraction of sp³-hybridized carbons (Fsp3) is 0.500. The van der Waals surface area contributed by atoms with Gasteiger partial charge in [0.05, 0.1) is 11.9 Å². The van der Waals surface area contributed by atoms with Crippen LogP contribution in [0.4, 0.5) is 23.7 Å².